The summed E-state index contributed by atoms with van der Waals surface area (Å²) >= 11 is 1.38. The number of nitro groups is 1. The van der Waals surface area contributed by atoms with Gasteiger partial charge in [0.15, 0.2) is 0 Å². The van der Waals surface area contributed by atoms with Crippen LogP contribution in [-0.2, 0) is 4.79 Å². The molecule has 138 valence electrons. The molecular formula is C17H24N2O5S. The summed E-state index contributed by atoms with van der Waals surface area (Å²) < 4.78 is 0. The summed E-state index contributed by atoms with van der Waals surface area (Å²) in [6.07, 6.45) is 0.929. The number of nitro benzene ring substituents is 1. The Morgan fingerprint density at radius 2 is 1.96 bits per heavy atom. The molecule has 1 rings (SSSR count). The molecule has 0 spiro atoms. The topological polar surface area (TPSA) is 101 Å². The number of carbonyl (C=O) groups excluding carboxylic acids is 1. The molecule has 7 nitrogen and oxygen atoms in total. The monoisotopic (exact) mass is 368 g/mol. The quantitative estimate of drug-likeness (QED) is 0.427. The van der Waals surface area contributed by atoms with E-state index in [4.69, 9.17) is 0 Å². The Hall–Kier alpha value is -2.09. The van der Waals surface area contributed by atoms with Crippen LogP contribution in [0.4, 0.5) is 5.69 Å². The molecule has 8 heteroatoms. The largest absolute Gasteiger partial charge is 0.480 e. The molecule has 0 fully saturated rings. The minimum atomic E-state index is -1.42. The fourth-order valence-electron chi connectivity index (χ4n) is 1.91. The number of amides is 1. The molecule has 1 aromatic carbocycles. The van der Waals surface area contributed by atoms with Crippen molar-refractivity contribution in [2.75, 3.05) is 12.8 Å². The zero-order valence-corrected chi connectivity index (χ0v) is 15.9. The third-order valence-corrected chi connectivity index (χ3v) is 5.12. The van der Waals surface area contributed by atoms with Crippen LogP contribution in [-0.4, -0.2) is 45.1 Å². The van der Waals surface area contributed by atoms with Gasteiger partial charge in [-0.05, 0) is 44.1 Å². The molecule has 0 bridgehead atoms. The molecule has 0 aliphatic heterocycles. The number of aliphatic carboxylic acids is 1. The number of hydrogen-bond acceptors (Lipinski definition) is 5. The Balaban J connectivity index is 3.10. The normalized spacial score (nSPS) is 11.4. The van der Waals surface area contributed by atoms with Gasteiger partial charge in [-0.2, -0.15) is 0 Å². The van der Waals surface area contributed by atoms with Crippen LogP contribution in [0.15, 0.2) is 23.1 Å². The predicted molar refractivity (Wildman–Crippen MR) is 97.1 cm³/mol. The number of hydrogen-bond donors (Lipinski definition) is 1. The number of carboxylic acid groups (broad SMARTS) is 1. The summed E-state index contributed by atoms with van der Waals surface area (Å²) in [6.45, 7) is 6.96. The highest BCUT2D eigenvalue weighted by atomic mass is 32.2. The smallest absolute Gasteiger partial charge is 0.329 e. The molecule has 0 radical (unpaired) electrons. The summed E-state index contributed by atoms with van der Waals surface area (Å²) in [6, 6.07) is 4.27. The van der Waals surface area contributed by atoms with Gasteiger partial charge in [-0.25, -0.2) is 4.79 Å². The van der Waals surface area contributed by atoms with Crippen molar-refractivity contribution in [3.05, 3.63) is 33.9 Å². The van der Waals surface area contributed by atoms with Crippen molar-refractivity contribution >= 4 is 29.3 Å². The SMILES string of the molecule is CC(C)CCSc1ccc(C(=O)N(C)C(C)(C)C(=O)O)cc1[N+](=O)[O-]. The highest BCUT2D eigenvalue weighted by molar-refractivity contribution is 7.99. The number of thioether (sulfide) groups is 1. The maximum absolute atomic E-state index is 12.5. The highest BCUT2D eigenvalue weighted by Crippen LogP contribution is 2.32. The third kappa shape index (κ3) is 5.19. The number of rotatable bonds is 8. The van der Waals surface area contributed by atoms with E-state index in [9.17, 15) is 24.8 Å². The van der Waals surface area contributed by atoms with Crippen molar-refractivity contribution in [1.82, 2.24) is 4.90 Å². The number of carbonyl (C=O) groups is 2. The van der Waals surface area contributed by atoms with Crippen LogP contribution >= 0.6 is 11.8 Å². The number of likely N-dealkylation sites (N-methyl/N-ethyl adjacent to an activating group) is 1. The van der Waals surface area contributed by atoms with E-state index in [1.807, 2.05) is 0 Å². The Bertz CT molecular complexity index is 673. The van der Waals surface area contributed by atoms with E-state index in [1.54, 1.807) is 6.07 Å². The van der Waals surface area contributed by atoms with E-state index >= 15 is 0 Å². The van der Waals surface area contributed by atoms with Crippen LogP contribution < -0.4 is 0 Å². The Kier molecular flexibility index (Phi) is 6.98. The van der Waals surface area contributed by atoms with Crippen LogP contribution in [0.1, 0.15) is 44.5 Å². The first kappa shape index (κ1) is 21.0. The molecule has 1 amide bonds. The summed E-state index contributed by atoms with van der Waals surface area (Å²) in [5.74, 6) is -0.482. The summed E-state index contributed by atoms with van der Waals surface area (Å²) in [7, 11) is 1.37. The number of nitrogens with zero attached hydrogens (tertiary/aromatic N) is 2. The molecule has 1 aromatic rings. The van der Waals surface area contributed by atoms with Crippen LogP contribution in [0, 0.1) is 16.0 Å². The van der Waals surface area contributed by atoms with Gasteiger partial charge in [0.2, 0.25) is 0 Å². The Morgan fingerprint density at radius 1 is 1.36 bits per heavy atom. The molecular weight excluding hydrogens is 344 g/mol. The van der Waals surface area contributed by atoms with E-state index in [-0.39, 0.29) is 11.3 Å². The van der Waals surface area contributed by atoms with Gasteiger partial charge in [0.25, 0.3) is 11.6 Å². The molecule has 1 N–H and O–H groups in total. The van der Waals surface area contributed by atoms with Gasteiger partial charge in [-0.3, -0.25) is 14.9 Å². The van der Waals surface area contributed by atoms with Crippen molar-refractivity contribution in [2.45, 2.75) is 44.6 Å². The van der Waals surface area contributed by atoms with Crippen LogP contribution in [0.2, 0.25) is 0 Å². The zero-order chi connectivity index (χ0) is 19.4. The summed E-state index contributed by atoms with van der Waals surface area (Å²) in [5, 5.41) is 20.6. The number of benzene rings is 1. The lowest BCUT2D eigenvalue weighted by Crippen LogP contribution is -2.50. The third-order valence-electron chi connectivity index (χ3n) is 4.02. The van der Waals surface area contributed by atoms with Gasteiger partial charge < -0.3 is 10.0 Å². The minimum Gasteiger partial charge on any atom is -0.480 e. The molecule has 0 saturated carbocycles. The maximum atomic E-state index is 12.5. The molecule has 0 aliphatic rings. The standard InChI is InChI=1S/C17H24N2O5S/c1-11(2)8-9-25-14-7-6-12(10-13(14)19(23)24)15(20)18(5)17(3,4)16(21)22/h6-7,10-11H,8-9H2,1-5H3,(H,21,22). The molecule has 25 heavy (non-hydrogen) atoms. The lowest BCUT2D eigenvalue weighted by atomic mass is 10.0. The molecule has 0 atom stereocenters. The summed E-state index contributed by atoms with van der Waals surface area (Å²) in [5.41, 5.74) is -1.46. The zero-order valence-electron chi connectivity index (χ0n) is 15.1. The summed E-state index contributed by atoms with van der Waals surface area (Å²) in [4.78, 5) is 36.2. The predicted octanol–water partition coefficient (Wildman–Crippen LogP) is 3.67. The van der Waals surface area contributed by atoms with Crippen LogP contribution in [0.25, 0.3) is 0 Å². The lowest BCUT2D eigenvalue weighted by molar-refractivity contribution is -0.387. The van der Waals surface area contributed by atoms with E-state index in [0.29, 0.717) is 10.8 Å². The van der Waals surface area contributed by atoms with Crippen molar-refractivity contribution in [1.29, 1.82) is 0 Å². The van der Waals surface area contributed by atoms with E-state index in [0.717, 1.165) is 17.1 Å². The molecule has 0 aromatic heterocycles. The van der Waals surface area contributed by atoms with Crippen molar-refractivity contribution in [2.24, 2.45) is 5.92 Å². The second kappa shape index (κ2) is 8.33. The fourth-order valence-corrected chi connectivity index (χ4v) is 3.17. The van der Waals surface area contributed by atoms with Crippen molar-refractivity contribution < 1.29 is 19.6 Å². The van der Waals surface area contributed by atoms with Crippen molar-refractivity contribution in [3.63, 3.8) is 0 Å². The van der Waals surface area contributed by atoms with E-state index < -0.39 is 22.3 Å². The average Bonchev–Trinajstić information content (AvgIpc) is 2.52. The van der Waals surface area contributed by atoms with Gasteiger partial charge in [-0.1, -0.05) is 13.8 Å². The molecule has 0 heterocycles. The Morgan fingerprint density at radius 3 is 2.44 bits per heavy atom. The highest BCUT2D eigenvalue weighted by Gasteiger charge is 2.36. The Labute approximate surface area is 151 Å². The maximum Gasteiger partial charge on any atom is 0.329 e. The van der Waals surface area contributed by atoms with Crippen LogP contribution in [0.5, 0.6) is 0 Å². The first-order valence-corrected chi connectivity index (χ1v) is 8.89. The lowest BCUT2D eigenvalue weighted by Gasteiger charge is -2.31. The van der Waals surface area contributed by atoms with Gasteiger partial charge in [0.05, 0.1) is 9.82 Å². The average molecular weight is 368 g/mol. The van der Waals surface area contributed by atoms with Crippen LogP contribution in [0.3, 0.4) is 0 Å². The van der Waals surface area contributed by atoms with Gasteiger partial charge >= 0.3 is 5.97 Å². The van der Waals surface area contributed by atoms with Gasteiger partial charge in [-0.15, -0.1) is 11.8 Å². The molecule has 0 aliphatic carbocycles. The second-order valence-corrected chi connectivity index (χ2v) is 7.84. The fraction of sp³-hybridized carbons (Fsp3) is 0.529. The second-order valence-electron chi connectivity index (χ2n) is 6.70. The van der Waals surface area contributed by atoms with E-state index in [2.05, 4.69) is 13.8 Å². The molecule has 0 saturated heterocycles. The van der Waals surface area contributed by atoms with E-state index in [1.165, 1.54) is 44.8 Å². The first-order chi connectivity index (χ1) is 11.5. The minimum absolute atomic E-state index is 0.0942. The number of carboxylic acids is 1. The van der Waals surface area contributed by atoms with Gasteiger partial charge in [0.1, 0.15) is 5.54 Å². The van der Waals surface area contributed by atoms with Gasteiger partial charge in [0, 0.05) is 18.7 Å². The molecule has 0 unspecified atom stereocenters. The first-order valence-electron chi connectivity index (χ1n) is 7.91. The van der Waals surface area contributed by atoms with Crippen molar-refractivity contribution in [3.8, 4) is 0 Å².